The first-order valence-corrected chi connectivity index (χ1v) is 17.3. The number of imidazole rings is 1. The van der Waals surface area contributed by atoms with Crippen molar-refractivity contribution in [2.24, 2.45) is 5.92 Å². The van der Waals surface area contributed by atoms with E-state index in [4.69, 9.17) is 9.47 Å². The lowest BCUT2D eigenvalue weighted by molar-refractivity contribution is -0.138. The number of rotatable bonds is 16. The minimum Gasteiger partial charge on any atom is -0.489 e. The van der Waals surface area contributed by atoms with Gasteiger partial charge in [0.05, 0.1) is 24.6 Å². The van der Waals surface area contributed by atoms with Gasteiger partial charge in [-0.05, 0) is 53.1 Å². The summed E-state index contributed by atoms with van der Waals surface area (Å²) in [6.07, 6.45) is 5.73. The number of nitrogens with zero attached hydrogens (tertiary/aromatic N) is 2. The Morgan fingerprint density at radius 1 is 0.784 bits per heavy atom. The smallest absolute Gasteiger partial charge is 0.408 e. The number of ether oxygens (including phenoxy) is 2. The van der Waals surface area contributed by atoms with Crippen LogP contribution in [0.4, 0.5) is 4.79 Å². The number of H-pyrrole nitrogens is 1. The standard InChI is InChI=1S/C41H43N5O5/c47-38(45-39(34-17-10-18-34)33-15-8-3-9-16-33)26-46(25-30-19-21-36(22-20-30)50-27-31-11-4-1-5-12-31)40(48)37(23-35-24-42-29-43-35)44-41(49)51-28-32-13-6-2-7-14-32/h1-9,11-16,19-22,24,29,34,37,39H,10,17-18,23,25-28H2,(H,42,43)(H,44,49)(H,45,47). The summed E-state index contributed by atoms with van der Waals surface area (Å²) in [5, 5.41) is 5.98. The van der Waals surface area contributed by atoms with Crippen LogP contribution in [0, 0.1) is 5.92 Å². The molecule has 51 heavy (non-hydrogen) atoms. The number of benzene rings is 4. The summed E-state index contributed by atoms with van der Waals surface area (Å²) >= 11 is 0. The molecule has 6 rings (SSSR count). The molecule has 1 fully saturated rings. The normalized spacial score (nSPS) is 13.6. The van der Waals surface area contributed by atoms with Gasteiger partial charge in [0.25, 0.3) is 0 Å². The number of aromatic nitrogens is 2. The van der Waals surface area contributed by atoms with E-state index in [0.29, 0.717) is 24.0 Å². The summed E-state index contributed by atoms with van der Waals surface area (Å²) in [5.74, 6) is 0.298. The van der Waals surface area contributed by atoms with Gasteiger partial charge < -0.3 is 30.0 Å². The Bertz CT molecular complexity index is 1820. The van der Waals surface area contributed by atoms with Crippen LogP contribution < -0.4 is 15.4 Å². The molecule has 1 saturated carbocycles. The largest absolute Gasteiger partial charge is 0.489 e. The fourth-order valence-corrected chi connectivity index (χ4v) is 6.10. The Hall–Kier alpha value is -5.90. The van der Waals surface area contributed by atoms with Crippen LogP contribution in [0.25, 0.3) is 0 Å². The molecular weight excluding hydrogens is 642 g/mol. The highest BCUT2D eigenvalue weighted by atomic mass is 16.5. The topological polar surface area (TPSA) is 126 Å². The highest BCUT2D eigenvalue weighted by molar-refractivity contribution is 5.90. The van der Waals surface area contributed by atoms with Crippen molar-refractivity contribution in [3.8, 4) is 5.75 Å². The fraction of sp³-hybridized carbons (Fsp3) is 0.268. The number of alkyl carbamates (subject to hydrolysis) is 1. The van der Waals surface area contributed by atoms with E-state index < -0.39 is 18.0 Å². The number of aromatic amines is 1. The van der Waals surface area contributed by atoms with E-state index in [2.05, 4.69) is 20.6 Å². The lowest BCUT2D eigenvalue weighted by atomic mass is 9.77. The number of carbonyl (C=O) groups excluding carboxylic acids is 3. The summed E-state index contributed by atoms with van der Waals surface area (Å²) < 4.78 is 11.4. The molecule has 2 atom stereocenters. The molecule has 0 radical (unpaired) electrons. The van der Waals surface area contributed by atoms with E-state index >= 15 is 0 Å². The minimum absolute atomic E-state index is 0.0445. The van der Waals surface area contributed by atoms with Crippen LogP contribution in [0.3, 0.4) is 0 Å². The molecule has 0 spiro atoms. The second kappa shape index (κ2) is 17.7. The molecule has 10 heteroatoms. The molecule has 0 aliphatic heterocycles. The summed E-state index contributed by atoms with van der Waals surface area (Å²) in [5.41, 5.74) is 4.29. The third kappa shape index (κ3) is 10.3. The maximum atomic E-state index is 14.4. The van der Waals surface area contributed by atoms with Gasteiger partial charge in [0.15, 0.2) is 0 Å². The molecule has 3 N–H and O–H groups in total. The van der Waals surface area contributed by atoms with Crippen LogP contribution in [0.1, 0.15) is 53.3 Å². The van der Waals surface area contributed by atoms with Crippen molar-refractivity contribution < 1.29 is 23.9 Å². The molecule has 1 aliphatic carbocycles. The summed E-state index contributed by atoms with van der Waals surface area (Å²) in [6.45, 7) is 0.389. The van der Waals surface area contributed by atoms with Gasteiger partial charge in [-0.25, -0.2) is 9.78 Å². The minimum atomic E-state index is -1.05. The SMILES string of the molecule is O=C(CN(Cc1ccc(OCc2ccccc2)cc1)C(=O)C(Cc1c[nH]cn1)NC(=O)OCc1ccccc1)NC(c1ccccc1)C1CCC1. The first-order valence-electron chi connectivity index (χ1n) is 17.3. The van der Waals surface area contributed by atoms with Crippen molar-refractivity contribution in [2.45, 2.75) is 57.5 Å². The Morgan fingerprint density at radius 3 is 2.04 bits per heavy atom. The molecule has 1 heterocycles. The van der Waals surface area contributed by atoms with Gasteiger partial charge in [-0.15, -0.1) is 0 Å². The van der Waals surface area contributed by atoms with Crippen molar-refractivity contribution in [3.63, 3.8) is 0 Å². The van der Waals surface area contributed by atoms with Crippen molar-refractivity contribution in [1.82, 2.24) is 25.5 Å². The van der Waals surface area contributed by atoms with Crippen molar-refractivity contribution >= 4 is 17.9 Å². The average molecular weight is 686 g/mol. The van der Waals surface area contributed by atoms with Gasteiger partial charge in [0, 0.05) is 19.2 Å². The molecule has 3 amide bonds. The van der Waals surface area contributed by atoms with Gasteiger partial charge in [-0.2, -0.15) is 0 Å². The Kier molecular flexibility index (Phi) is 12.1. The number of carbonyl (C=O) groups is 3. The highest BCUT2D eigenvalue weighted by Gasteiger charge is 2.32. The predicted octanol–water partition coefficient (Wildman–Crippen LogP) is 6.51. The van der Waals surface area contributed by atoms with Crippen molar-refractivity contribution in [2.75, 3.05) is 6.54 Å². The second-order valence-corrected chi connectivity index (χ2v) is 12.8. The van der Waals surface area contributed by atoms with E-state index in [1.165, 1.54) is 11.2 Å². The van der Waals surface area contributed by atoms with Crippen LogP contribution in [0.2, 0.25) is 0 Å². The van der Waals surface area contributed by atoms with Gasteiger partial charge in [0.1, 0.15) is 25.0 Å². The maximum Gasteiger partial charge on any atom is 0.408 e. The average Bonchev–Trinajstić information content (AvgIpc) is 3.66. The summed E-state index contributed by atoms with van der Waals surface area (Å²) in [6, 6.07) is 35.4. The summed E-state index contributed by atoms with van der Waals surface area (Å²) in [7, 11) is 0. The van der Waals surface area contributed by atoms with Gasteiger partial charge >= 0.3 is 6.09 Å². The van der Waals surface area contributed by atoms with E-state index in [9.17, 15) is 14.4 Å². The van der Waals surface area contributed by atoms with E-state index in [0.717, 1.165) is 41.5 Å². The Labute approximate surface area is 298 Å². The van der Waals surface area contributed by atoms with E-state index in [1.807, 2.05) is 115 Å². The molecule has 262 valence electrons. The molecule has 1 aromatic heterocycles. The first kappa shape index (κ1) is 34.9. The predicted molar refractivity (Wildman–Crippen MR) is 193 cm³/mol. The Balaban J connectivity index is 1.20. The highest BCUT2D eigenvalue weighted by Crippen LogP contribution is 2.37. The maximum absolute atomic E-state index is 14.4. The van der Waals surface area contributed by atoms with Crippen molar-refractivity contribution in [3.05, 3.63) is 156 Å². The molecule has 0 saturated heterocycles. The van der Waals surface area contributed by atoms with Crippen molar-refractivity contribution in [1.29, 1.82) is 0 Å². The van der Waals surface area contributed by atoms with Crippen LogP contribution in [-0.2, 0) is 40.5 Å². The summed E-state index contributed by atoms with van der Waals surface area (Å²) in [4.78, 5) is 50.0. The van der Waals surface area contributed by atoms with Crippen LogP contribution in [0.5, 0.6) is 5.75 Å². The lowest BCUT2D eigenvalue weighted by Gasteiger charge is -2.35. The van der Waals surface area contributed by atoms with E-state index in [-0.39, 0.29) is 38.1 Å². The van der Waals surface area contributed by atoms with Crippen LogP contribution in [-0.4, -0.2) is 45.4 Å². The number of nitrogens with one attached hydrogen (secondary N) is 3. The molecule has 0 bridgehead atoms. The number of hydrogen-bond donors (Lipinski definition) is 3. The second-order valence-electron chi connectivity index (χ2n) is 12.8. The zero-order chi connectivity index (χ0) is 35.3. The van der Waals surface area contributed by atoms with Gasteiger partial charge in [-0.3, -0.25) is 9.59 Å². The lowest BCUT2D eigenvalue weighted by Crippen LogP contribution is -2.52. The molecule has 4 aromatic carbocycles. The van der Waals surface area contributed by atoms with Gasteiger partial charge in [0.2, 0.25) is 11.8 Å². The quantitative estimate of drug-likeness (QED) is 0.109. The zero-order valence-electron chi connectivity index (χ0n) is 28.4. The molecule has 5 aromatic rings. The molecule has 1 aliphatic rings. The first-order chi connectivity index (χ1) is 25.0. The zero-order valence-corrected chi connectivity index (χ0v) is 28.4. The fourth-order valence-electron chi connectivity index (χ4n) is 6.10. The van der Waals surface area contributed by atoms with E-state index in [1.54, 1.807) is 6.20 Å². The molecule has 10 nitrogen and oxygen atoms in total. The monoisotopic (exact) mass is 685 g/mol. The third-order valence-electron chi connectivity index (χ3n) is 9.06. The number of hydrogen-bond acceptors (Lipinski definition) is 6. The van der Waals surface area contributed by atoms with Crippen LogP contribution >= 0.6 is 0 Å². The molecule has 2 unspecified atom stereocenters. The molecular formula is C41H43N5O5. The Morgan fingerprint density at radius 2 is 1.43 bits per heavy atom. The number of amides is 3. The van der Waals surface area contributed by atoms with Crippen LogP contribution in [0.15, 0.2) is 128 Å². The third-order valence-corrected chi connectivity index (χ3v) is 9.06. The van der Waals surface area contributed by atoms with Gasteiger partial charge in [-0.1, -0.05) is 110 Å².